The molecule has 2 fully saturated rings. The zero-order chi connectivity index (χ0) is 47.7. The lowest BCUT2D eigenvalue weighted by Crippen LogP contribution is -2.62. The van der Waals surface area contributed by atoms with Gasteiger partial charge in [0, 0.05) is 24.9 Å². The van der Waals surface area contributed by atoms with Crippen molar-refractivity contribution in [1.29, 1.82) is 0 Å². The second kappa shape index (κ2) is 25.4. The average Bonchev–Trinajstić information content (AvgIpc) is 3.29. The van der Waals surface area contributed by atoms with Gasteiger partial charge in [-0.05, 0) is 63.8 Å². The normalized spacial score (nSPS) is 21.6. The van der Waals surface area contributed by atoms with Crippen molar-refractivity contribution in [1.82, 2.24) is 15.2 Å². The average molecular weight is 924 g/mol. The van der Waals surface area contributed by atoms with Gasteiger partial charge in [0.1, 0.15) is 23.4 Å². The van der Waals surface area contributed by atoms with E-state index in [9.17, 15) is 9.59 Å². The van der Waals surface area contributed by atoms with Gasteiger partial charge >= 0.3 is 12.2 Å². The van der Waals surface area contributed by atoms with Crippen LogP contribution in [0, 0.1) is 11.8 Å². The maximum atomic E-state index is 13.9. The molecule has 2 aliphatic heterocycles. The van der Waals surface area contributed by atoms with Gasteiger partial charge in [-0.1, -0.05) is 132 Å². The number of rotatable bonds is 21. The molecule has 4 aromatic carbocycles. The number of hydrogen-bond acceptors (Lipinski definition) is 13. The summed E-state index contributed by atoms with van der Waals surface area (Å²) in [5, 5.41) is 4.24. The molecule has 2 aliphatic rings. The monoisotopic (exact) mass is 923 g/mol. The van der Waals surface area contributed by atoms with Crippen LogP contribution in [0.4, 0.5) is 9.59 Å². The SMILES string of the molecule is C=CCON1C[C@H](COCc2ccccc2)[C@@H](OCc2ccccc2)[C@H](ON2C[C@H](COCc3ccccc3)[C@@H](OCc3ccccc3)[C@H](ON(C(=O)OC(C)(C)C)C(=O)OC(C)(C)C)C2)C1. The lowest BCUT2D eigenvalue weighted by molar-refractivity contribution is -0.323. The minimum atomic E-state index is -1.03. The predicted octanol–water partition coefficient (Wildman–Crippen LogP) is 9.34. The van der Waals surface area contributed by atoms with E-state index in [0.29, 0.717) is 57.7 Å². The molecule has 2 heterocycles. The topological polar surface area (TPSA) is 127 Å². The maximum Gasteiger partial charge on any atom is 0.444 e. The van der Waals surface area contributed by atoms with Gasteiger partial charge in [-0.15, -0.1) is 6.58 Å². The maximum absolute atomic E-state index is 13.9. The van der Waals surface area contributed by atoms with E-state index in [1.807, 2.05) is 126 Å². The van der Waals surface area contributed by atoms with Gasteiger partial charge in [-0.2, -0.15) is 10.1 Å². The molecule has 2 amide bonds. The van der Waals surface area contributed by atoms with E-state index in [-0.39, 0.29) is 25.7 Å². The molecule has 0 saturated carbocycles. The van der Waals surface area contributed by atoms with E-state index in [1.165, 1.54) is 0 Å². The molecule has 362 valence electrons. The molecule has 67 heavy (non-hydrogen) atoms. The molecule has 14 heteroatoms. The van der Waals surface area contributed by atoms with Crippen LogP contribution >= 0.6 is 0 Å². The summed E-state index contributed by atoms with van der Waals surface area (Å²) in [6.45, 7) is 17.6. The number of benzene rings is 4. The van der Waals surface area contributed by atoms with Crippen LogP contribution in [0.5, 0.6) is 0 Å². The molecule has 0 unspecified atom stereocenters. The quantitative estimate of drug-likeness (QED) is 0.0583. The summed E-state index contributed by atoms with van der Waals surface area (Å²) in [4.78, 5) is 47.7. The lowest BCUT2D eigenvalue weighted by atomic mass is 9.93. The van der Waals surface area contributed by atoms with Crippen molar-refractivity contribution in [3.8, 4) is 0 Å². The van der Waals surface area contributed by atoms with Crippen molar-refractivity contribution in [3.05, 3.63) is 156 Å². The Morgan fingerprint density at radius 3 is 1.37 bits per heavy atom. The Morgan fingerprint density at radius 1 is 0.567 bits per heavy atom. The number of hydrogen-bond donors (Lipinski definition) is 0. The third-order valence-corrected chi connectivity index (χ3v) is 10.8. The molecule has 0 aromatic heterocycles. The first-order valence-corrected chi connectivity index (χ1v) is 23.1. The number of carbonyl (C=O) groups excluding carboxylic acids is 2. The lowest BCUT2D eigenvalue weighted by Gasteiger charge is -2.47. The van der Waals surface area contributed by atoms with E-state index < -0.39 is 53.7 Å². The molecular weight excluding hydrogens is 855 g/mol. The standard InChI is InChI=1S/C53H69N3O11/c1-8-29-63-54-30-44(38-59-34-40-21-13-9-14-22-40)48(61-36-42-25-17-11-18-26-42)46(32-54)66-55-31-45(39-60-35-41-23-15-10-16-24-41)49(62-37-43-27-19-12-20-28-43)47(33-55)67-56(50(57)64-52(2,3)4)51(58)65-53(5,6)7/h8-28,44-49H,1,29-39H2,2-7H3/t44-,45-,46-,47-,48-,49-/m1/s1. The zero-order valence-corrected chi connectivity index (χ0v) is 39.9. The second-order valence-electron chi connectivity index (χ2n) is 18.9. The first-order valence-electron chi connectivity index (χ1n) is 23.1. The Labute approximate surface area is 396 Å². The van der Waals surface area contributed by atoms with Crippen molar-refractivity contribution in [2.75, 3.05) is 46.0 Å². The van der Waals surface area contributed by atoms with E-state index in [4.69, 9.17) is 42.9 Å². The first kappa shape index (κ1) is 51.4. The summed E-state index contributed by atoms with van der Waals surface area (Å²) in [6.07, 6.45) is -3.12. The van der Waals surface area contributed by atoms with E-state index >= 15 is 0 Å². The fourth-order valence-electron chi connectivity index (χ4n) is 7.85. The number of carbonyl (C=O) groups is 2. The van der Waals surface area contributed by atoms with Crippen molar-refractivity contribution in [2.24, 2.45) is 11.8 Å². The second-order valence-corrected chi connectivity index (χ2v) is 18.9. The molecule has 0 spiro atoms. The highest BCUT2D eigenvalue weighted by Gasteiger charge is 2.47. The summed E-state index contributed by atoms with van der Waals surface area (Å²) in [7, 11) is 0. The molecule has 0 N–H and O–H groups in total. The Hall–Kier alpha value is -5.00. The molecule has 0 radical (unpaired) electrons. The number of nitrogens with zero attached hydrogens (tertiary/aromatic N) is 3. The van der Waals surface area contributed by atoms with Crippen LogP contribution in [-0.2, 0) is 69.4 Å². The van der Waals surface area contributed by atoms with Crippen LogP contribution in [0.25, 0.3) is 0 Å². The van der Waals surface area contributed by atoms with E-state index in [0.717, 1.165) is 22.3 Å². The van der Waals surface area contributed by atoms with Gasteiger partial charge in [0.2, 0.25) is 0 Å². The Bertz CT molecular complexity index is 2040. The highest BCUT2D eigenvalue weighted by Crippen LogP contribution is 2.32. The Balaban J connectivity index is 1.34. The summed E-state index contributed by atoms with van der Waals surface area (Å²) in [5.41, 5.74) is 2.08. The van der Waals surface area contributed by atoms with Gasteiger partial charge in [0.25, 0.3) is 0 Å². The van der Waals surface area contributed by atoms with Crippen molar-refractivity contribution in [2.45, 2.75) is 104 Å². The molecule has 0 bridgehead atoms. The number of amides is 2. The van der Waals surface area contributed by atoms with Crippen LogP contribution in [0.2, 0.25) is 0 Å². The number of ether oxygens (including phenoxy) is 6. The molecule has 0 aliphatic carbocycles. The largest absolute Gasteiger partial charge is 0.444 e. The summed E-state index contributed by atoms with van der Waals surface area (Å²) >= 11 is 0. The first-order chi connectivity index (χ1) is 32.2. The summed E-state index contributed by atoms with van der Waals surface area (Å²) < 4.78 is 37.9. The minimum absolute atomic E-state index is 0.0569. The third-order valence-electron chi connectivity index (χ3n) is 10.8. The molecule has 14 nitrogen and oxygen atoms in total. The summed E-state index contributed by atoms with van der Waals surface area (Å²) in [5.74, 6) is -0.592. The van der Waals surface area contributed by atoms with Crippen LogP contribution in [0.3, 0.4) is 0 Å². The van der Waals surface area contributed by atoms with Crippen LogP contribution in [-0.4, -0.2) is 109 Å². The Morgan fingerprint density at radius 2 is 0.955 bits per heavy atom. The number of hydroxylamine groups is 6. The number of piperidine rings is 2. The van der Waals surface area contributed by atoms with Gasteiger partial charge in [0.15, 0.2) is 0 Å². The molecule has 6 atom stereocenters. The van der Waals surface area contributed by atoms with Crippen molar-refractivity contribution >= 4 is 12.2 Å². The van der Waals surface area contributed by atoms with E-state index in [1.54, 1.807) is 52.7 Å². The number of imide groups is 1. The molecule has 6 rings (SSSR count). The highest BCUT2D eigenvalue weighted by atomic mass is 16.8. The minimum Gasteiger partial charge on any atom is -0.442 e. The van der Waals surface area contributed by atoms with Crippen molar-refractivity contribution < 1.29 is 52.5 Å². The van der Waals surface area contributed by atoms with E-state index in [2.05, 4.69) is 6.58 Å². The summed E-state index contributed by atoms with van der Waals surface area (Å²) in [6, 6.07) is 39.7. The van der Waals surface area contributed by atoms with Gasteiger partial charge in [0.05, 0.1) is 71.5 Å². The fraction of sp³-hybridized carbons (Fsp3) is 0.472. The Kier molecular flexibility index (Phi) is 19.5. The highest BCUT2D eigenvalue weighted by molar-refractivity contribution is 5.86. The van der Waals surface area contributed by atoms with Crippen LogP contribution in [0.1, 0.15) is 63.8 Å². The third kappa shape index (κ3) is 17.2. The van der Waals surface area contributed by atoms with Crippen LogP contribution < -0.4 is 0 Å². The predicted molar refractivity (Wildman–Crippen MR) is 253 cm³/mol. The van der Waals surface area contributed by atoms with Gasteiger partial charge < -0.3 is 28.4 Å². The van der Waals surface area contributed by atoms with Crippen molar-refractivity contribution in [3.63, 3.8) is 0 Å². The molecule has 2 saturated heterocycles. The van der Waals surface area contributed by atoms with Crippen LogP contribution in [0.15, 0.2) is 134 Å². The smallest absolute Gasteiger partial charge is 0.442 e. The zero-order valence-electron chi connectivity index (χ0n) is 39.9. The van der Waals surface area contributed by atoms with Gasteiger partial charge in [-0.3, -0.25) is 14.5 Å². The van der Waals surface area contributed by atoms with Gasteiger partial charge in [-0.25, -0.2) is 9.59 Å². The fourth-order valence-corrected chi connectivity index (χ4v) is 7.85. The molecular formula is C53H69N3O11. The molecule has 4 aromatic rings.